The van der Waals surface area contributed by atoms with Crippen LogP contribution in [0.4, 0.5) is 17.1 Å². The molecule has 0 spiro atoms. The van der Waals surface area contributed by atoms with Gasteiger partial charge in [0, 0.05) is 37.2 Å². The second-order valence-electron chi connectivity index (χ2n) is 16.9. The lowest BCUT2D eigenvalue weighted by Gasteiger charge is -2.26. The van der Waals surface area contributed by atoms with Crippen molar-refractivity contribution in [3.63, 3.8) is 0 Å². The highest BCUT2D eigenvalue weighted by Gasteiger charge is 2.17. The highest BCUT2D eigenvalue weighted by molar-refractivity contribution is 7.25. The zero-order chi connectivity index (χ0) is 43.8. The number of hydrogen-bond donors (Lipinski definition) is 0. The topological polar surface area (TPSA) is 3.24 Å². The van der Waals surface area contributed by atoms with Crippen molar-refractivity contribution in [1.82, 2.24) is 0 Å². The highest BCUT2D eigenvalue weighted by atomic mass is 32.1. The Bertz CT molecular complexity index is 3600. The van der Waals surface area contributed by atoms with Gasteiger partial charge in [-0.15, -0.1) is 11.3 Å². The summed E-state index contributed by atoms with van der Waals surface area (Å²) >= 11 is 1.86. The lowest BCUT2D eigenvalue weighted by molar-refractivity contribution is 1.28. The first-order valence-electron chi connectivity index (χ1n) is 22.6. The molecule has 310 valence electrons. The minimum absolute atomic E-state index is 1.09. The molecule has 0 radical (unpaired) electrons. The molecule has 0 aliphatic heterocycles. The van der Waals surface area contributed by atoms with Gasteiger partial charge in [-0.05, 0) is 150 Å². The van der Waals surface area contributed by atoms with E-state index in [0.29, 0.717) is 0 Å². The van der Waals surface area contributed by atoms with Crippen LogP contribution in [0.3, 0.4) is 0 Å². The van der Waals surface area contributed by atoms with Crippen LogP contribution < -0.4 is 4.90 Å². The standard InChI is InChI=1S/C64H43NS/c1-3-14-44(15-4-1)52-41-53(45-16-5-2-6-17-45)43-54(42-52)47-30-36-56(37-31-47)65(57-38-32-49(33-39-57)60-25-13-27-63-64(60)61-23-9-10-26-62(61)66-63)55-34-28-46(29-35-55)50-20-11-21-51(40-50)59-24-12-19-48-18-7-8-22-58(48)59/h1-43H. The Morgan fingerprint density at radius 3 is 1.29 bits per heavy atom. The number of thiophene rings is 1. The molecule has 66 heavy (non-hydrogen) atoms. The summed E-state index contributed by atoms with van der Waals surface area (Å²) in [4.78, 5) is 2.38. The average molecular weight is 858 g/mol. The molecule has 11 aromatic carbocycles. The first-order chi connectivity index (χ1) is 32.7. The van der Waals surface area contributed by atoms with Gasteiger partial charge in [0.2, 0.25) is 0 Å². The molecule has 1 aromatic heterocycles. The number of anilines is 3. The number of nitrogens with zero attached hydrogens (tertiary/aromatic N) is 1. The zero-order valence-corrected chi connectivity index (χ0v) is 37.0. The monoisotopic (exact) mass is 857 g/mol. The van der Waals surface area contributed by atoms with Crippen molar-refractivity contribution in [3.8, 4) is 66.8 Å². The van der Waals surface area contributed by atoms with Crippen molar-refractivity contribution >= 4 is 59.3 Å². The van der Waals surface area contributed by atoms with Crippen molar-refractivity contribution in [2.45, 2.75) is 0 Å². The van der Waals surface area contributed by atoms with Crippen LogP contribution in [-0.2, 0) is 0 Å². The van der Waals surface area contributed by atoms with E-state index in [1.54, 1.807) is 0 Å². The minimum Gasteiger partial charge on any atom is -0.311 e. The van der Waals surface area contributed by atoms with E-state index in [4.69, 9.17) is 0 Å². The summed E-state index contributed by atoms with van der Waals surface area (Å²) in [5.74, 6) is 0. The van der Waals surface area contributed by atoms with Gasteiger partial charge in [0.25, 0.3) is 0 Å². The number of hydrogen-bond acceptors (Lipinski definition) is 2. The van der Waals surface area contributed by atoms with Gasteiger partial charge in [-0.1, -0.05) is 188 Å². The van der Waals surface area contributed by atoms with Gasteiger partial charge in [0.05, 0.1) is 0 Å². The molecule has 0 N–H and O–H groups in total. The van der Waals surface area contributed by atoms with E-state index in [9.17, 15) is 0 Å². The van der Waals surface area contributed by atoms with Crippen molar-refractivity contribution < 1.29 is 0 Å². The third kappa shape index (κ3) is 7.44. The maximum absolute atomic E-state index is 2.38. The highest BCUT2D eigenvalue weighted by Crippen LogP contribution is 2.43. The fourth-order valence-electron chi connectivity index (χ4n) is 9.59. The molecule has 1 nitrogen and oxygen atoms in total. The van der Waals surface area contributed by atoms with Crippen LogP contribution in [-0.4, -0.2) is 0 Å². The van der Waals surface area contributed by atoms with Crippen LogP contribution >= 0.6 is 11.3 Å². The molecule has 0 bridgehead atoms. The van der Waals surface area contributed by atoms with E-state index in [1.807, 2.05) is 11.3 Å². The fraction of sp³-hybridized carbons (Fsp3) is 0. The van der Waals surface area contributed by atoms with Gasteiger partial charge < -0.3 is 4.90 Å². The van der Waals surface area contributed by atoms with E-state index < -0.39 is 0 Å². The molecule has 1 heterocycles. The van der Waals surface area contributed by atoms with E-state index in [-0.39, 0.29) is 0 Å². The minimum atomic E-state index is 1.09. The lowest BCUT2D eigenvalue weighted by atomic mass is 9.93. The molecule has 2 heteroatoms. The molecule has 0 saturated carbocycles. The van der Waals surface area contributed by atoms with Crippen molar-refractivity contribution in [2.24, 2.45) is 0 Å². The van der Waals surface area contributed by atoms with Crippen molar-refractivity contribution in [1.29, 1.82) is 0 Å². The third-order valence-electron chi connectivity index (χ3n) is 12.9. The number of benzene rings is 11. The van der Waals surface area contributed by atoms with Crippen LogP contribution in [0.15, 0.2) is 261 Å². The summed E-state index contributed by atoms with van der Waals surface area (Å²) < 4.78 is 2.63. The molecular weight excluding hydrogens is 815 g/mol. The van der Waals surface area contributed by atoms with Gasteiger partial charge >= 0.3 is 0 Å². The summed E-state index contributed by atoms with van der Waals surface area (Å²) in [5.41, 5.74) is 17.7. The van der Waals surface area contributed by atoms with E-state index in [0.717, 1.165) is 17.1 Å². The maximum Gasteiger partial charge on any atom is 0.0462 e. The van der Waals surface area contributed by atoms with Gasteiger partial charge in [-0.3, -0.25) is 0 Å². The molecule has 0 aliphatic rings. The molecule has 0 aliphatic carbocycles. The molecule has 12 rings (SSSR count). The Labute approximate surface area is 389 Å². The molecule has 12 aromatic rings. The summed E-state index contributed by atoms with van der Waals surface area (Å²) in [6.45, 7) is 0. The molecule has 0 atom stereocenters. The van der Waals surface area contributed by atoms with Crippen LogP contribution in [0.5, 0.6) is 0 Å². The predicted octanol–water partition coefficient (Wildman–Crippen LogP) is 18.7. The summed E-state index contributed by atoms with van der Waals surface area (Å²) in [6, 6.07) is 95.1. The summed E-state index contributed by atoms with van der Waals surface area (Å²) in [6.07, 6.45) is 0. The van der Waals surface area contributed by atoms with Gasteiger partial charge in [-0.2, -0.15) is 0 Å². The summed E-state index contributed by atoms with van der Waals surface area (Å²) in [5, 5.41) is 5.15. The Balaban J connectivity index is 0.934. The van der Waals surface area contributed by atoms with E-state index in [2.05, 4.69) is 266 Å². The Morgan fingerprint density at radius 2 is 0.652 bits per heavy atom. The molecule has 0 fully saturated rings. The van der Waals surface area contributed by atoms with E-state index >= 15 is 0 Å². The summed E-state index contributed by atoms with van der Waals surface area (Å²) in [7, 11) is 0. The molecule has 0 saturated heterocycles. The van der Waals surface area contributed by atoms with Gasteiger partial charge in [0.1, 0.15) is 0 Å². The molecule has 0 amide bonds. The Morgan fingerprint density at radius 1 is 0.242 bits per heavy atom. The first kappa shape index (κ1) is 39.3. The quantitative estimate of drug-likeness (QED) is 0.140. The van der Waals surface area contributed by atoms with Gasteiger partial charge in [0.15, 0.2) is 0 Å². The Kier molecular flexibility index (Phi) is 10.1. The third-order valence-corrected chi connectivity index (χ3v) is 14.0. The van der Waals surface area contributed by atoms with Gasteiger partial charge in [-0.25, -0.2) is 0 Å². The first-order valence-corrected chi connectivity index (χ1v) is 23.4. The van der Waals surface area contributed by atoms with E-state index in [1.165, 1.54) is 97.7 Å². The average Bonchev–Trinajstić information content (AvgIpc) is 3.79. The number of rotatable bonds is 9. The molecular formula is C64H43NS. The largest absolute Gasteiger partial charge is 0.311 e. The normalized spacial score (nSPS) is 11.3. The van der Waals surface area contributed by atoms with Crippen LogP contribution in [0.1, 0.15) is 0 Å². The van der Waals surface area contributed by atoms with Crippen LogP contribution in [0.2, 0.25) is 0 Å². The van der Waals surface area contributed by atoms with Crippen molar-refractivity contribution in [3.05, 3.63) is 261 Å². The fourth-order valence-corrected chi connectivity index (χ4v) is 10.7. The smallest absolute Gasteiger partial charge is 0.0462 e. The Hall–Kier alpha value is -8.30. The lowest BCUT2D eigenvalue weighted by Crippen LogP contribution is -2.09. The molecule has 0 unspecified atom stereocenters. The maximum atomic E-state index is 2.38. The van der Waals surface area contributed by atoms with Crippen LogP contribution in [0.25, 0.3) is 97.7 Å². The SMILES string of the molecule is c1ccc(-c2cc(-c3ccccc3)cc(-c3ccc(N(c4ccc(-c5cccc(-c6cccc7ccccc67)c5)cc4)c4ccc(-c5cccc6sc7ccccc7c56)cc4)cc3)c2)cc1. The second kappa shape index (κ2) is 17.0. The van der Waals surface area contributed by atoms with Crippen LogP contribution in [0, 0.1) is 0 Å². The predicted molar refractivity (Wildman–Crippen MR) is 284 cm³/mol. The number of fused-ring (bicyclic) bond motifs is 4. The zero-order valence-electron chi connectivity index (χ0n) is 36.2. The van der Waals surface area contributed by atoms with Crippen molar-refractivity contribution in [2.75, 3.05) is 4.90 Å². The second-order valence-corrected chi connectivity index (χ2v) is 18.0.